The number of non-ortho nitro benzene ring substituents is 1. The lowest BCUT2D eigenvalue weighted by molar-refractivity contribution is -0.384. The summed E-state index contributed by atoms with van der Waals surface area (Å²) in [6.45, 7) is 0. The molecule has 0 fully saturated rings. The Balaban J connectivity index is 1.51. The molecule has 5 aromatic rings. The van der Waals surface area contributed by atoms with Gasteiger partial charge in [0.1, 0.15) is 11.3 Å². The lowest BCUT2D eigenvalue weighted by atomic mass is 10.0. The van der Waals surface area contributed by atoms with Gasteiger partial charge in [-0.1, -0.05) is 30.3 Å². The Labute approximate surface area is 205 Å². The van der Waals surface area contributed by atoms with Crippen molar-refractivity contribution in [2.24, 2.45) is 0 Å². The highest BCUT2D eigenvalue weighted by atomic mass is 32.1. The molecule has 0 bridgehead atoms. The van der Waals surface area contributed by atoms with E-state index in [0.29, 0.717) is 11.4 Å². The van der Waals surface area contributed by atoms with Crippen molar-refractivity contribution < 1.29 is 4.92 Å². The van der Waals surface area contributed by atoms with Gasteiger partial charge in [0.05, 0.1) is 16.3 Å². The monoisotopic (exact) mass is 479 g/mol. The Bertz CT molecular complexity index is 1520. The average molecular weight is 480 g/mol. The summed E-state index contributed by atoms with van der Waals surface area (Å²) in [7, 11) is 0. The second-order valence-electron chi connectivity index (χ2n) is 7.91. The number of nitrogens with two attached hydrogens (primary N) is 2. The number of nitro benzene ring substituents is 1. The van der Waals surface area contributed by atoms with Crippen LogP contribution in [0.15, 0.2) is 91.3 Å². The van der Waals surface area contributed by atoms with E-state index in [1.807, 2.05) is 73.1 Å². The summed E-state index contributed by atoms with van der Waals surface area (Å²) in [5, 5.41) is 11.9. The zero-order chi connectivity index (χ0) is 24.4. The Morgan fingerprint density at radius 1 is 0.800 bits per heavy atom. The minimum Gasteiger partial charge on any atom is -0.399 e. The number of imidazole rings is 1. The number of nitrogen functional groups attached to an aromatic ring is 2. The lowest BCUT2D eigenvalue weighted by Gasteiger charge is -2.10. The zero-order valence-corrected chi connectivity index (χ0v) is 19.4. The smallest absolute Gasteiger partial charge is 0.269 e. The van der Waals surface area contributed by atoms with E-state index in [0.717, 1.165) is 38.0 Å². The number of benzene rings is 3. The number of rotatable bonds is 6. The summed E-state index contributed by atoms with van der Waals surface area (Å²) in [5.74, 6) is 0. The number of hydrogen-bond donors (Lipinski definition) is 2. The van der Waals surface area contributed by atoms with Crippen LogP contribution in [0.1, 0.15) is 10.4 Å². The van der Waals surface area contributed by atoms with Gasteiger partial charge in [0.15, 0.2) is 0 Å². The van der Waals surface area contributed by atoms with Gasteiger partial charge in [0, 0.05) is 39.5 Å². The molecular weight excluding hydrogens is 458 g/mol. The third-order valence-corrected chi connectivity index (χ3v) is 6.58. The second-order valence-corrected chi connectivity index (χ2v) is 9.01. The molecule has 0 saturated heterocycles. The number of thiophene rings is 1. The zero-order valence-electron chi connectivity index (χ0n) is 18.5. The summed E-state index contributed by atoms with van der Waals surface area (Å²) in [5.41, 5.74) is 18.0. The highest BCUT2D eigenvalue weighted by molar-refractivity contribution is 7.15. The van der Waals surface area contributed by atoms with Crippen LogP contribution < -0.4 is 11.5 Å². The van der Waals surface area contributed by atoms with Crippen molar-refractivity contribution in [2.75, 3.05) is 11.5 Å². The van der Waals surface area contributed by atoms with Crippen molar-refractivity contribution in [3.8, 4) is 27.5 Å². The van der Waals surface area contributed by atoms with Gasteiger partial charge in [0.25, 0.3) is 5.69 Å². The van der Waals surface area contributed by atoms with Crippen molar-refractivity contribution in [3.63, 3.8) is 0 Å². The van der Waals surface area contributed by atoms with Crippen LogP contribution in [-0.4, -0.2) is 14.5 Å². The minimum absolute atomic E-state index is 0.0766. The first-order valence-electron chi connectivity index (χ1n) is 10.8. The molecule has 4 N–H and O–H groups in total. The van der Waals surface area contributed by atoms with Gasteiger partial charge < -0.3 is 11.5 Å². The van der Waals surface area contributed by atoms with Crippen molar-refractivity contribution in [1.29, 1.82) is 0 Å². The maximum atomic E-state index is 10.9. The largest absolute Gasteiger partial charge is 0.399 e. The first-order valence-corrected chi connectivity index (χ1v) is 11.6. The summed E-state index contributed by atoms with van der Waals surface area (Å²) >= 11 is 1.62. The van der Waals surface area contributed by atoms with Crippen molar-refractivity contribution >= 4 is 40.6 Å². The van der Waals surface area contributed by atoms with Crippen LogP contribution in [0.5, 0.6) is 0 Å². The van der Waals surface area contributed by atoms with Crippen LogP contribution >= 0.6 is 11.3 Å². The maximum Gasteiger partial charge on any atom is 0.269 e. The van der Waals surface area contributed by atoms with Crippen LogP contribution in [0.4, 0.5) is 17.1 Å². The van der Waals surface area contributed by atoms with Gasteiger partial charge >= 0.3 is 0 Å². The van der Waals surface area contributed by atoms with Crippen molar-refractivity contribution in [3.05, 3.63) is 112 Å². The summed E-state index contributed by atoms with van der Waals surface area (Å²) in [6, 6.07) is 26.0. The van der Waals surface area contributed by atoms with Crippen LogP contribution in [0.25, 0.3) is 39.7 Å². The molecule has 5 rings (SSSR count). The van der Waals surface area contributed by atoms with Gasteiger partial charge in [0.2, 0.25) is 0 Å². The minimum atomic E-state index is -0.401. The predicted molar refractivity (Wildman–Crippen MR) is 143 cm³/mol. The van der Waals surface area contributed by atoms with E-state index >= 15 is 0 Å². The van der Waals surface area contributed by atoms with Gasteiger partial charge in [-0.3, -0.25) is 14.7 Å². The molecule has 0 amide bonds. The first-order chi connectivity index (χ1) is 17.0. The average Bonchev–Trinajstić information content (AvgIpc) is 3.51. The van der Waals surface area contributed by atoms with Crippen LogP contribution in [0, 0.1) is 10.1 Å². The third-order valence-electron chi connectivity index (χ3n) is 5.53. The molecule has 2 aromatic heterocycles. The van der Waals surface area contributed by atoms with Gasteiger partial charge in [-0.05, 0) is 60.2 Å². The van der Waals surface area contributed by atoms with E-state index < -0.39 is 4.92 Å². The van der Waals surface area contributed by atoms with Gasteiger partial charge in [-0.15, -0.1) is 11.3 Å². The summed E-state index contributed by atoms with van der Waals surface area (Å²) in [6.07, 6.45) is 5.76. The molecule has 35 heavy (non-hydrogen) atoms. The second kappa shape index (κ2) is 9.28. The fourth-order valence-electron chi connectivity index (χ4n) is 3.73. The van der Waals surface area contributed by atoms with Gasteiger partial charge in [-0.2, -0.15) is 0 Å². The van der Waals surface area contributed by atoms with E-state index in [1.54, 1.807) is 23.5 Å². The highest BCUT2D eigenvalue weighted by Crippen LogP contribution is 2.36. The fraction of sp³-hybridized carbons (Fsp3) is 0. The number of aromatic nitrogens is 2. The topological polar surface area (TPSA) is 113 Å². The molecule has 0 atom stereocenters. The standard InChI is InChI=1S/C27H21N5O2S/c28-21-8-4-19(5-9-21)26-27(20-6-10-22(29)11-7-20)31(17-30-26)25-16-15-24(35-25)14-3-18-1-12-23(13-2-18)32(33)34/h1-17H,28-29H2/b14-3+. The van der Waals surface area contributed by atoms with Gasteiger partial charge in [-0.25, -0.2) is 4.98 Å². The number of hydrogen-bond acceptors (Lipinski definition) is 6. The summed E-state index contributed by atoms with van der Waals surface area (Å²) < 4.78 is 2.07. The number of nitrogens with zero attached hydrogens (tertiary/aromatic N) is 3. The van der Waals surface area contributed by atoms with E-state index in [9.17, 15) is 10.1 Å². The molecule has 0 unspecified atom stereocenters. The Morgan fingerprint density at radius 2 is 1.43 bits per heavy atom. The third kappa shape index (κ3) is 4.68. The molecule has 0 radical (unpaired) electrons. The highest BCUT2D eigenvalue weighted by Gasteiger charge is 2.17. The molecule has 3 aromatic carbocycles. The van der Waals surface area contributed by atoms with Crippen molar-refractivity contribution in [2.45, 2.75) is 0 Å². The molecular formula is C27H21N5O2S. The molecule has 172 valence electrons. The Kier molecular flexibility index (Phi) is 5.87. The van der Waals surface area contributed by atoms with Crippen LogP contribution in [0.2, 0.25) is 0 Å². The first kappa shape index (κ1) is 22.1. The van der Waals surface area contributed by atoms with E-state index in [-0.39, 0.29) is 5.69 Å². The molecule has 0 spiro atoms. The molecule has 7 nitrogen and oxygen atoms in total. The fourth-order valence-corrected chi connectivity index (χ4v) is 4.62. The van der Waals surface area contributed by atoms with Crippen LogP contribution in [-0.2, 0) is 0 Å². The maximum absolute atomic E-state index is 10.9. The molecule has 8 heteroatoms. The van der Waals surface area contributed by atoms with Crippen LogP contribution in [0.3, 0.4) is 0 Å². The van der Waals surface area contributed by atoms with E-state index in [4.69, 9.17) is 16.5 Å². The van der Waals surface area contributed by atoms with E-state index in [2.05, 4.69) is 10.6 Å². The molecule has 0 aliphatic rings. The lowest BCUT2D eigenvalue weighted by Crippen LogP contribution is -1.94. The number of nitro groups is 1. The Morgan fingerprint density at radius 3 is 2.06 bits per heavy atom. The molecule has 0 aliphatic carbocycles. The number of anilines is 2. The SMILES string of the molecule is Nc1ccc(-c2ncn(-c3ccc(/C=C/c4ccc([N+](=O)[O-])cc4)s3)c2-c2ccc(N)cc2)cc1. The molecule has 0 saturated carbocycles. The summed E-state index contributed by atoms with van der Waals surface area (Å²) in [4.78, 5) is 16.2. The van der Waals surface area contributed by atoms with Crippen molar-refractivity contribution in [1.82, 2.24) is 9.55 Å². The molecule has 0 aliphatic heterocycles. The Hall–Kier alpha value is -4.69. The van der Waals surface area contributed by atoms with E-state index in [1.165, 1.54) is 12.1 Å². The predicted octanol–water partition coefficient (Wildman–Crippen LogP) is 6.51. The molecule has 2 heterocycles. The quantitative estimate of drug-likeness (QED) is 0.164. The normalized spacial score (nSPS) is 11.2.